The Morgan fingerprint density at radius 1 is 1.22 bits per heavy atom. The predicted molar refractivity (Wildman–Crippen MR) is 106 cm³/mol. The number of aliphatic carboxylic acids is 2. The topological polar surface area (TPSA) is 136 Å². The Kier molecular flexibility index (Phi) is 11.0. The molecular weight excluding hydrogens is 435 g/mol. The van der Waals surface area contributed by atoms with Crippen molar-refractivity contribution in [2.75, 3.05) is 26.2 Å². The van der Waals surface area contributed by atoms with Gasteiger partial charge in [0.1, 0.15) is 6.04 Å². The molecule has 12 heteroatoms. The Bertz CT molecular complexity index is 718. The van der Waals surface area contributed by atoms with Crippen molar-refractivity contribution in [3.63, 3.8) is 0 Å². The van der Waals surface area contributed by atoms with E-state index in [2.05, 4.69) is 16.6 Å². The van der Waals surface area contributed by atoms with Crippen molar-refractivity contribution in [3.05, 3.63) is 0 Å². The lowest BCUT2D eigenvalue weighted by molar-refractivity contribution is -0.192. The number of piperidine rings is 1. The molecular formula is C20H28F3N3O6. The van der Waals surface area contributed by atoms with Crippen molar-refractivity contribution in [2.45, 2.75) is 50.7 Å². The molecule has 0 bridgehead atoms. The van der Waals surface area contributed by atoms with Crippen LogP contribution in [0.4, 0.5) is 13.2 Å². The quantitative estimate of drug-likeness (QED) is 0.392. The molecule has 2 atom stereocenters. The zero-order chi connectivity index (χ0) is 24.3. The number of amides is 2. The number of alkyl halides is 3. The minimum absolute atomic E-state index is 0.101. The second-order valence-corrected chi connectivity index (χ2v) is 7.72. The van der Waals surface area contributed by atoms with Crippen LogP contribution in [0.3, 0.4) is 0 Å². The normalized spacial score (nSPS) is 19.4. The first kappa shape index (κ1) is 27.2. The number of halogens is 3. The second kappa shape index (κ2) is 12.9. The van der Waals surface area contributed by atoms with Gasteiger partial charge in [-0.05, 0) is 44.7 Å². The summed E-state index contributed by atoms with van der Waals surface area (Å²) in [4.78, 5) is 46.1. The molecule has 0 saturated carbocycles. The van der Waals surface area contributed by atoms with E-state index in [9.17, 15) is 27.6 Å². The smallest absolute Gasteiger partial charge is 0.481 e. The minimum atomic E-state index is -5.08. The number of hydrogen-bond acceptors (Lipinski definition) is 5. The Morgan fingerprint density at radius 2 is 1.84 bits per heavy atom. The number of carbonyl (C=O) groups excluding carboxylic acids is 2. The number of terminal acetylenes is 1. The molecule has 0 aromatic carbocycles. The lowest BCUT2D eigenvalue weighted by Crippen LogP contribution is -2.47. The van der Waals surface area contributed by atoms with Crippen LogP contribution < -0.4 is 10.6 Å². The highest BCUT2D eigenvalue weighted by atomic mass is 19.4. The molecule has 2 heterocycles. The van der Waals surface area contributed by atoms with E-state index in [1.807, 2.05) is 0 Å². The van der Waals surface area contributed by atoms with E-state index >= 15 is 0 Å². The Labute approximate surface area is 183 Å². The average molecular weight is 463 g/mol. The van der Waals surface area contributed by atoms with Crippen molar-refractivity contribution >= 4 is 23.8 Å². The summed E-state index contributed by atoms with van der Waals surface area (Å²) in [5, 5.41) is 21.7. The van der Waals surface area contributed by atoms with E-state index in [0.29, 0.717) is 31.8 Å². The van der Waals surface area contributed by atoms with Gasteiger partial charge in [0.2, 0.25) is 11.8 Å². The fraction of sp³-hybridized carbons (Fsp3) is 0.700. The predicted octanol–water partition coefficient (Wildman–Crippen LogP) is 0.841. The van der Waals surface area contributed by atoms with Gasteiger partial charge >= 0.3 is 18.1 Å². The first-order chi connectivity index (χ1) is 14.9. The van der Waals surface area contributed by atoms with Crippen molar-refractivity contribution in [3.8, 4) is 12.3 Å². The van der Waals surface area contributed by atoms with Gasteiger partial charge in [-0.15, -0.1) is 6.42 Å². The van der Waals surface area contributed by atoms with E-state index in [1.165, 1.54) is 0 Å². The zero-order valence-electron chi connectivity index (χ0n) is 17.5. The Morgan fingerprint density at radius 3 is 2.31 bits per heavy atom. The van der Waals surface area contributed by atoms with Gasteiger partial charge in [0.15, 0.2) is 0 Å². The number of nitrogens with zero attached hydrogens (tertiary/aromatic N) is 1. The fourth-order valence-electron chi connectivity index (χ4n) is 3.29. The molecule has 2 amide bonds. The second-order valence-electron chi connectivity index (χ2n) is 7.72. The molecule has 2 rings (SSSR count). The lowest BCUT2D eigenvalue weighted by atomic mass is 9.94. The van der Waals surface area contributed by atoms with Gasteiger partial charge < -0.3 is 25.7 Å². The molecule has 2 fully saturated rings. The molecule has 2 saturated heterocycles. The van der Waals surface area contributed by atoms with Crippen LogP contribution in [0.2, 0.25) is 0 Å². The number of carbonyl (C=O) groups is 4. The number of likely N-dealkylation sites (tertiary alicyclic amines) is 1. The summed E-state index contributed by atoms with van der Waals surface area (Å²) in [6.07, 6.45) is 3.83. The summed E-state index contributed by atoms with van der Waals surface area (Å²) in [5.41, 5.74) is 0. The van der Waals surface area contributed by atoms with Crippen LogP contribution in [0, 0.1) is 24.2 Å². The third kappa shape index (κ3) is 10.00. The van der Waals surface area contributed by atoms with Gasteiger partial charge in [-0.1, -0.05) is 5.92 Å². The third-order valence-corrected chi connectivity index (χ3v) is 5.15. The summed E-state index contributed by atoms with van der Waals surface area (Å²) in [7, 11) is 0. The van der Waals surface area contributed by atoms with Crippen molar-refractivity contribution in [1.29, 1.82) is 0 Å². The Balaban J connectivity index is 0.000000633. The van der Waals surface area contributed by atoms with Crippen LogP contribution in [0.15, 0.2) is 0 Å². The van der Waals surface area contributed by atoms with Crippen molar-refractivity contribution in [2.24, 2.45) is 11.8 Å². The molecule has 2 aliphatic heterocycles. The van der Waals surface area contributed by atoms with Crippen LogP contribution >= 0.6 is 0 Å². The summed E-state index contributed by atoms with van der Waals surface area (Å²) in [6.45, 7) is 3.17. The summed E-state index contributed by atoms with van der Waals surface area (Å²) in [6, 6.07) is -0.813. The first-order valence-corrected chi connectivity index (χ1v) is 10.2. The van der Waals surface area contributed by atoms with E-state index in [-0.39, 0.29) is 24.2 Å². The molecule has 1 unspecified atom stereocenters. The highest BCUT2D eigenvalue weighted by Gasteiger charge is 2.38. The highest BCUT2D eigenvalue weighted by Crippen LogP contribution is 2.19. The monoisotopic (exact) mass is 463 g/mol. The van der Waals surface area contributed by atoms with E-state index in [4.69, 9.17) is 21.4 Å². The van der Waals surface area contributed by atoms with Gasteiger partial charge in [0.05, 0.1) is 12.3 Å². The van der Waals surface area contributed by atoms with Crippen molar-refractivity contribution in [1.82, 2.24) is 15.5 Å². The number of hydrogen-bond donors (Lipinski definition) is 4. The molecule has 0 aromatic heterocycles. The van der Waals surface area contributed by atoms with Crippen LogP contribution in [0.25, 0.3) is 0 Å². The maximum absolute atomic E-state index is 12.3. The molecule has 0 aliphatic carbocycles. The molecule has 4 N–H and O–H groups in total. The van der Waals surface area contributed by atoms with Gasteiger partial charge in [0, 0.05) is 19.5 Å². The summed E-state index contributed by atoms with van der Waals surface area (Å²) in [5.74, 6) is -1.30. The molecule has 32 heavy (non-hydrogen) atoms. The standard InChI is InChI=1S/C18H27N3O4.C2HF3O2/c1-2-15(9-17(23)24)20-18(25)14-6-4-8-21(12-14)16(22)7-3-5-13-10-19-11-13;3-2(4,5)1(6)7/h1,13-15,19H,3-12H2,(H,20,25)(H,23,24);(H,6,7)/t14-,15?;/m1./s1. The molecule has 180 valence electrons. The Hall–Kier alpha value is -2.81. The number of carboxylic acids is 2. The molecule has 9 nitrogen and oxygen atoms in total. The maximum Gasteiger partial charge on any atom is 0.490 e. The van der Waals surface area contributed by atoms with Gasteiger partial charge in [-0.2, -0.15) is 13.2 Å². The van der Waals surface area contributed by atoms with Gasteiger partial charge in [0.25, 0.3) is 0 Å². The highest BCUT2D eigenvalue weighted by molar-refractivity contribution is 5.82. The van der Waals surface area contributed by atoms with Gasteiger partial charge in [-0.25, -0.2) is 4.79 Å². The van der Waals surface area contributed by atoms with Crippen LogP contribution in [0.5, 0.6) is 0 Å². The lowest BCUT2D eigenvalue weighted by Gasteiger charge is -2.33. The fourth-order valence-corrected chi connectivity index (χ4v) is 3.29. The molecule has 0 radical (unpaired) electrons. The van der Waals surface area contributed by atoms with Crippen LogP contribution in [-0.2, 0) is 19.2 Å². The maximum atomic E-state index is 12.3. The van der Waals surface area contributed by atoms with Crippen LogP contribution in [-0.4, -0.2) is 77.3 Å². The first-order valence-electron chi connectivity index (χ1n) is 10.2. The van der Waals surface area contributed by atoms with E-state index < -0.39 is 24.2 Å². The summed E-state index contributed by atoms with van der Waals surface area (Å²) < 4.78 is 31.7. The van der Waals surface area contributed by atoms with E-state index in [0.717, 1.165) is 32.4 Å². The largest absolute Gasteiger partial charge is 0.490 e. The number of rotatable bonds is 8. The number of carboxylic acid groups (broad SMARTS) is 2. The average Bonchev–Trinajstić information content (AvgIpc) is 2.68. The molecule has 0 spiro atoms. The molecule has 0 aromatic rings. The zero-order valence-corrected chi connectivity index (χ0v) is 17.5. The van der Waals surface area contributed by atoms with E-state index in [1.54, 1.807) is 4.90 Å². The third-order valence-electron chi connectivity index (χ3n) is 5.15. The SMILES string of the molecule is C#CC(CC(=O)O)NC(=O)[C@@H]1CCCN(C(=O)CCCC2CNC2)C1.O=C(O)C(F)(F)F. The van der Waals surface area contributed by atoms with Crippen LogP contribution in [0.1, 0.15) is 38.5 Å². The number of nitrogens with one attached hydrogen (secondary N) is 2. The molecule has 2 aliphatic rings. The van der Waals surface area contributed by atoms with Gasteiger partial charge in [-0.3, -0.25) is 14.4 Å². The summed E-state index contributed by atoms with van der Waals surface area (Å²) >= 11 is 0. The van der Waals surface area contributed by atoms with Crippen molar-refractivity contribution < 1.29 is 42.6 Å². The minimum Gasteiger partial charge on any atom is -0.481 e.